The molecule has 0 aromatic rings. The molecule has 0 spiro atoms. The zero-order valence-corrected chi connectivity index (χ0v) is 27.4. The minimum absolute atomic E-state index is 0.0706. The molecule has 1 aliphatic rings. The van der Waals surface area contributed by atoms with Crippen molar-refractivity contribution in [3.63, 3.8) is 0 Å². The number of nitrogens with one attached hydrogen (secondary N) is 4. The third-order valence-corrected chi connectivity index (χ3v) is 7.73. The Morgan fingerprint density at radius 1 is 0.872 bits per heavy atom. The largest absolute Gasteiger partial charge is 0.391 e. The average molecular weight is 670 g/mol. The van der Waals surface area contributed by atoms with Gasteiger partial charge in [-0.25, -0.2) is 0 Å². The molecule has 1 fully saturated rings. The van der Waals surface area contributed by atoms with E-state index in [1.54, 1.807) is 6.92 Å². The van der Waals surface area contributed by atoms with E-state index in [0.717, 1.165) is 0 Å². The second-order valence-corrected chi connectivity index (χ2v) is 11.7. The number of carbonyl (C=O) groups is 7. The summed E-state index contributed by atoms with van der Waals surface area (Å²) in [5, 5.41) is 19.7. The molecule has 47 heavy (non-hydrogen) atoms. The number of amides is 7. The van der Waals surface area contributed by atoms with Gasteiger partial charge in [0.25, 0.3) is 0 Å². The van der Waals surface area contributed by atoms with Gasteiger partial charge in [0.05, 0.1) is 18.6 Å². The fourth-order valence-electron chi connectivity index (χ4n) is 4.87. The lowest BCUT2D eigenvalue weighted by Gasteiger charge is -2.31. The first kappa shape index (κ1) is 40.5. The van der Waals surface area contributed by atoms with Crippen LogP contribution < -0.4 is 49.9 Å². The molecule has 0 saturated carbocycles. The maximum Gasteiger partial charge on any atom is 0.245 e. The number of primary amides is 2. The number of carbonyl (C=O) groups excluding carboxylic acids is 7. The number of nitrogens with two attached hydrogens (primary N) is 5. The van der Waals surface area contributed by atoms with E-state index >= 15 is 0 Å². The molecule has 1 aliphatic heterocycles. The summed E-state index contributed by atoms with van der Waals surface area (Å²) >= 11 is 0. The molecule has 0 aromatic heterocycles. The molecule has 0 unspecified atom stereocenters. The Hall–Kier alpha value is -4.52. The number of aliphatic hydroxyl groups excluding tert-OH is 1. The number of aliphatic imine (C=N–C) groups is 1. The molecule has 8 atom stereocenters. The van der Waals surface area contributed by atoms with Crippen molar-refractivity contribution in [2.45, 2.75) is 109 Å². The van der Waals surface area contributed by atoms with Gasteiger partial charge in [0, 0.05) is 13.1 Å². The number of nitrogens with zero attached hydrogens (tertiary/aromatic N) is 2. The van der Waals surface area contributed by atoms with E-state index in [2.05, 4.69) is 26.3 Å². The Kier molecular flexibility index (Phi) is 16.6. The minimum atomic E-state index is -1.56. The second kappa shape index (κ2) is 19.2. The van der Waals surface area contributed by atoms with Crippen LogP contribution in [0.5, 0.6) is 0 Å². The molecule has 0 bridgehead atoms. The van der Waals surface area contributed by atoms with Gasteiger partial charge in [0.1, 0.15) is 30.2 Å². The van der Waals surface area contributed by atoms with Crippen molar-refractivity contribution in [3.05, 3.63) is 0 Å². The van der Waals surface area contributed by atoms with Gasteiger partial charge in [-0.1, -0.05) is 20.3 Å². The number of hydrogen-bond donors (Lipinski definition) is 10. The molecule has 1 heterocycles. The standard InChI is InChI=1S/C28H51N11O8/c1-5-13(2)20(37-23(43)14(3)29)26(46)35-16(8-6-10-34-28(32)33)27(47)39-11-7-9-18(39)25(45)36-17(12-19(30)41)24(44)38-21(15(4)40)22(31)42/h13-18,20-21,40H,5-12,29H2,1-4H3,(H2,30,41)(H2,31,42)(H,35,46)(H,36,45)(H,37,43)(H,38,44)(H4,32,33,34)/t13-,14-,15+,16-,17-,18-,20-,21-/m0/s1. The molecule has 19 nitrogen and oxygen atoms in total. The average Bonchev–Trinajstić information content (AvgIpc) is 3.48. The molecule has 1 rings (SSSR count). The van der Waals surface area contributed by atoms with Crippen molar-refractivity contribution >= 4 is 47.3 Å². The van der Waals surface area contributed by atoms with Gasteiger partial charge in [-0.2, -0.15) is 0 Å². The predicted octanol–water partition coefficient (Wildman–Crippen LogP) is -4.90. The summed E-state index contributed by atoms with van der Waals surface area (Å²) in [6, 6.07) is -7.23. The van der Waals surface area contributed by atoms with Gasteiger partial charge in [0.2, 0.25) is 41.4 Å². The quantitative estimate of drug-likeness (QED) is 0.0353. The lowest BCUT2D eigenvalue weighted by molar-refractivity contribution is -0.143. The lowest BCUT2D eigenvalue weighted by Crippen LogP contribution is -2.60. The van der Waals surface area contributed by atoms with E-state index in [0.29, 0.717) is 12.8 Å². The van der Waals surface area contributed by atoms with Crippen LogP contribution in [0.25, 0.3) is 0 Å². The number of hydrogen-bond acceptors (Lipinski definition) is 10. The fourth-order valence-corrected chi connectivity index (χ4v) is 4.87. The topological polar surface area (TPSA) is 334 Å². The van der Waals surface area contributed by atoms with Crippen LogP contribution in [0, 0.1) is 5.92 Å². The van der Waals surface area contributed by atoms with Crippen molar-refractivity contribution in [1.82, 2.24) is 26.2 Å². The zero-order valence-electron chi connectivity index (χ0n) is 27.4. The Morgan fingerprint density at radius 2 is 1.49 bits per heavy atom. The summed E-state index contributed by atoms with van der Waals surface area (Å²) < 4.78 is 0. The molecular formula is C28H51N11O8. The van der Waals surface area contributed by atoms with Crippen LogP contribution in [-0.2, 0) is 33.6 Å². The van der Waals surface area contributed by atoms with Crippen LogP contribution in [0.4, 0.5) is 0 Å². The Morgan fingerprint density at radius 3 is 2.00 bits per heavy atom. The van der Waals surface area contributed by atoms with Crippen LogP contribution in [0.1, 0.15) is 66.2 Å². The SMILES string of the molecule is CC[C@H](C)[C@H](NC(=O)[C@H](C)N)C(=O)N[C@@H](CCCN=C(N)N)C(=O)N1CCC[C@H]1C(=O)N[C@@H](CC(N)=O)C(=O)N[C@H](C(N)=O)[C@@H](C)O. The van der Waals surface area contributed by atoms with Crippen molar-refractivity contribution in [2.75, 3.05) is 13.1 Å². The van der Waals surface area contributed by atoms with Crippen LogP contribution in [0.15, 0.2) is 4.99 Å². The maximum absolute atomic E-state index is 13.9. The number of guanidine groups is 1. The molecule has 0 aromatic carbocycles. The van der Waals surface area contributed by atoms with Crippen LogP contribution in [0.3, 0.4) is 0 Å². The zero-order chi connectivity index (χ0) is 36.0. The third kappa shape index (κ3) is 13.0. The minimum Gasteiger partial charge on any atom is -0.391 e. The van der Waals surface area contributed by atoms with Crippen molar-refractivity contribution in [3.8, 4) is 0 Å². The van der Waals surface area contributed by atoms with Crippen LogP contribution >= 0.6 is 0 Å². The van der Waals surface area contributed by atoms with Crippen molar-refractivity contribution in [1.29, 1.82) is 0 Å². The number of likely N-dealkylation sites (tertiary alicyclic amines) is 1. The highest BCUT2D eigenvalue weighted by molar-refractivity contribution is 5.98. The number of aliphatic hydroxyl groups is 1. The summed E-state index contributed by atoms with van der Waals surface area (Å²) in [5.41, 5.74) is 27.0. The molecular weight excluding hydrogens is 618 g/mol. The Bertz CT molecular complexity index is 1180. The summed E-state index contributed by atoms with van der Waals surface area (Å²) in [6.07, 6.45) is -0.587. The fraction of sp³-hybridized carbons (Fsp3) is 0.714. The maximum atomic E-state index is 13.9. The second-order valence-electron chi connectivity index (χ2n) is 11.7. The third-order valence-electron chi connectivity index (χ3n) is 7.73. The Labute approximate surface area is 273 Å². The van der Waals surface area contributed by atoms with E-state index in [-0.39, 0.29) is 44.2 Å². The van der Waals surface area contributed by atoms with E-state index in [1.807, 2.05) is 6.92 Å². The van der Waals surface area contributed by atoms with E-state index in [9.17, 15) is 38.7 Å². The monoisotopic (exact) mass is 669 g/mol. The summed E-state index contributed by atoms with van der Waals surface area (Å²) in [5.74, 6) is -6.08. The number of rotatable bonds is 19. The van der Waals surface area contributed by atoms with Gasteiger partial charge in [-0.3, -0.25) is 38.6 Å². The predicted molar refractivity (Wildman–Crippen MR) is 170 cm³/mol. The highest BCUT2D eigenvalue weighted by atomic mass is 16.3. The van der Waals surface area contributed by atoms with E-state index < -0.39 is 90.1 Å². The first-order valence-electron chi connectivity index (χ1n) is 15.5. The van der Waals surface area contributed by atoms with Gasteiger partial charge >= 0.3 is 0 Å². The van der Waals surface area contributed by atoms with Crippen LogP contribution in [0.2, 0.25) is 0 Å². The van der Waals surface area contributed by atoms with Crippen molar-refractivity contribution in [2.24, 2.45) is 39.6 Å². The first-order chi connectivity index (χ1) is 21.9. The highest BCUT2D eigenvalue weighted by Gasteiger charge is 2.40. The van der Waals surface area contributed by atoms with E-state index in [4.69, 9.17) is 28.7 Å². The van der Waals surface area contributed by atoms with Gasteiger partial charge in [0.15, 0.2) is 5.96 Å². The lowest BCUT2D eigenvalue weighted by atomic mass is 9.97. The molecule has 15 N–H and O–H groups in total. The van der Waals surface area contributed by atoms with Crippen LogP contribution in [-0.4, -0.2) is 113 Å². The molecule has 0 aliphatic carbocycles. The van der Waals surface area contributed by atoms with Crippen molar-refractivity contribution < 1.29 is 38.7 Å². The molecule has 19 heteroatoms. The smallest absolute Gasteiger partial charge is 0.245 e. The molecule has 266 valence electrons. The molecule has 7 amide bonds. The summed E-state index contributed by atoms with van der Waals surface area (Å²) in [7, 11) is 0. The normalized spacial score (nSPS) is 18.7. The summed E-state index contributed by atoms with van der Waals surface area (Å²) in [4.78, 5) is 94.6. The van der Waals surface area contributed by atoms with E-state index in [1.165, 1.54) is 18.7 Å². The summed E-state index contributed by atoms with van der Waals surface area (Å²) in [6.45, 7) is 6.54. The van der Waals surface area contributed by atoms with Gasteiger partial charge < -0.3 is 59.9 Å². The molecule has 0 radical (unpaired) electrons. The Balaban J connectivity index is 3.27. The molecule has 1 saturated heterocycles. The van der Waals surface area contributed by atoms with Gasteiger partial charge in [-0.15, -0.1) is 0 Å². The first-order valence-corrected chi connectivity index (χ1v) is 15.5. The highest BCUT2D eigenvalue weighted by Crippen LogP contribution is 2.21. The van der Waals surface area contributed by atoms with Gasteiger partial charge in [-0.05, 0) is 45.4 Å².